The van der Waals surface area contributed by atoms with Crippen LogP contribution in [0.25, 0.3) is 6.08 Å². The van der Waals surface area contributed by atoms with E-state index in [-0.39, 0.29) is 0 Å². The number of aliphatic carboxylic acids is 1. The SMILES string of the molecule is CC(=Cc1cccc(Br)c1Br)C(=O)O. The van der Waals surface area contributed by atoms with Crippen molar-refractivity contribution in [1.82, 2.24) is 0 Å². The zero-order valence-electron chi connectivity index (χ0n) is 7.42. The molecule has 0 atom stereocenters. The van der Waals surface area contributed by atoms with Crippen molar-refractivity contribution in [1.29, 1.82) is 0 Å². The molecule has 74 valence electrons. The summed E-state index contributed by atoms with van der Waals surface area (Å²) in [5.74, 6) is -0.906. The predicted octanol–water partition coefficient (Wildman–Crippen LogP) is 3.70. The summed E-state index contributed by atoms with van der Waals surface area (Å²) in [6, 6.07) is 5.59. The Morgan fingerprint density at radius 1 is 1.43 bits per heavy atom. The average molecular weight is 320 g/mol. The van der Waals surface area contributed by atoms with Gasteiger partial charge in [-0.1, -0.05) is 12.1 Å². The topological polar surface area (TPSA) is 37.3 Å². The van der Waals surface area contributed by atoms with Crippen LogP contribution in [0.15, 0.2) is 32.7 Å². The van der Waals surface area contributed by atoms with Crippen molar-refractivity contribution in [3.05, 3.63) is 38.3 Å². The summed E-state index contributed by atoms with van der Waals surface area (Å²) in [6.07, 6.45) is 1.62. The molecule has 0 radical (unpaired) electrons. The second-order valence-corrected chi connectivity index (χ2v) is 4.42. The van der Waals surface area contributed by atoms with E-state index in [2.05, 4.69) is 31.9 Å². The van der Waals surface area contributed by atoms with E-state index in [1.54, 1.807) is 13.0 Å². The van der Waals surface area contributed by atoms with E-state index in [0.717, 1.165) is 14.5 Å². The molecule has 0 spiro atoms. The molecular weight excluding hydrogens is 312 g/mol. The van der Waals surface area contributed by atoms with Gasteiger partial charge in [0.05, 0.1) is 0 Å². The van der Waals surface area contributed by atoms with Gasteiger partial charge >= 0.3 is 5.97 Å². The van der Waals surface area contributed by atoms with Crippen LogP contribution in [0, 0.1) is 0 Å². The summed E-state index contributed by atoms with van der Waals surface area (Å²) in [5, 5.41) is 8.71. The van der Waals surface area contributed by atoms with Crippen LogP contribution in [0.1, 0.15) is 12.5 Å². The first kappa shape index (κ1) is 11.5. The van der Waals surface area contributed by atoms with Gasteiger partial charge in [0.25, 0.3) is 0 Å². The van der Waals surface area contributed by atoms with E-state index in [9.17, 15) is 4.79 Å². The standard InChI is InChI=1S/C10H8Br2O2/c1-6(10(13)14)5-7-3-2-4-8(11)9(7)12/h2-5H,1H3,(H,13,14). The highest BCUT2D eigenvalue weighted by Crippen LogP contribution is 2.28. The highest BCUT2D eigenvalue weighted by atomic mass is 79.9. The van der Waals surface area contributed by atoms with Crippen LogP contribution in [0.4, 0.5) is 0 Å². The van der Waals surface area contributed by atoms with Crippen LogP contribution in [0.2, 0.25) is 0 Å². The lowest BCUT2D eigenvalue weighted by atomic mass is 10.1. The fourth-order valence-corrected chi connectivity index (χ4v) is 1.69. The third-order valence-electron chi connectivity index (χ3n) is 1.69. The van der Waals surface area contributed by atoms with Crippen LogP contribution >= 0.6 is 31.9 Å². The maximum Gasteiger partial charge on any atom is 0.331 e. The van der Waals surface area contributed by atoms with Gasteiger partial charge in [0.1, 0.15) is 0 Å². The van der Waals surface area contributed by atoms with Gasteiger partial charge in [0.2, 0.25) is 0 Å². The van der Waals surface area contributed by atoms with E-state index in [0.29, 0.717) is 5.57 Å². The van der Waals surface area contributed by atoms with Crippen molar-refractivity contribution in [3.8, 4) is 0 Å². The van der Waals surface area contributed by atoms with E-state index in [4.69, 9.17) is 5.11 Å². The van der Waals surface area contributed by atoms with Crippen LogP contribution in [0.5, 0.6) is 0 Å². The van der Waals surface area contributed by atoms with Gasteiger partial charge in [0.15, 0.2) is 0 Å². The van der Waals surface area contributed by atoms with Gasteiger partial charge in [-0.15, -0.1) is 0 Å². The monoisotopic (exact) mass is 318 g/mol. The molecule has 1 aromatic carbocycles. The maximum absolute atomic E-state index is 10.6. The van der Waals surface area contributed by atoms with Gasteiger partial charge < -0.3 is 5.11 Å². The molecular formula is C10H8Br2O2. The lowest BCUT2D eigenvalue weighted by molar-refractivity contribution is -0.132. The van der Waals surface area contributed by atoms with Crippen LogP contribution in [-0.4, -0.2) is 11.1 Å². The molecule has 0 aliphatic heterocycles. The number of carboxylic acid groups (broad SMARTS) is 1. The molecule has 0 aliphatic rings. The number of carbonyl (C=O) groups is 1. The molecule has 0 bridgehead atoms. The quantitative estimate of drug-likeness (QED) is 0.844. The molecule has 0 amide bonds. The lowest BCUT2D eigenvalue weighted by Gasteiger charge is -2.01. The van der Waals surface area contributed by atoms with Crippen molar-refractivity contribution in [3.63, 3.8) is 0 Å². The zero-order chi connectivity index (χ0) is 10.7. The normalized spacial score (nSPS) is 11.5. The van der Waals surface area contributed by atoms with E-state index >= 15 is 0 Å². The molecule has 0 saturated carbocycles. The first-order valence-electron chi connectivity index (χ1n) is 3.88. The highest BCUT2D eigenvalue weighted by Gasteiger charge is 2.04. The van der Waals surface area contributed by atoms with Crippen molar-refractivity contribution < 1.29 is 9.90 Å². The molecule has 1 rings (SSSR count). The zero-order valence-corrected chi connectivity index (χ0v) is 10.6. The minimum absolute atomic E-state index is 0.309. The number of carboxylic acids is 1. The van der Waals surface area contributed by atoms with Crippen molar-refractivity contribution >= 4 is 43.9 Å². The van der Waals surface area contributed by atoms with Crippen molar-refractivity contribution in [2.75, 3.05) is 0 Å². The Bertz CT molecular complexity index is 397. The Morgan fingerprint density at radius 2 is 2.07 bits per heavy atom. The van der Waals surface area contributed by atoms with E-state index in [1.165, 1.54) is 0 Å². The molecule has 14 heavy (non-hydrogen) atoms. The van der Waals surface area contributed by atoms with Gasteiger partial charge in [-0.05, 0) is 56.5 Å². The summed E-state index contributed by atoms with van der Waals surface area (Å²) < 4.78 is 1.77. The van der Waals surface area contributed by atoms with Crippen molar-refractivity contribution in [2.24, 2.45) is 0 Å². The van der Waals surface area contributed by atoms with Gasteiger partial charge in [-0.2, -0.15) is 0 Å². The lowest BCUT2D eigenvalue weighted by Crippen LogP contribution is -1.95. The second-order valence-electron chi connectivity index (χ2n) is 2.78. The number of hydrogen-bond acceptors (Lipinski definition) is 1. The molecule has 0 aliphatic carbocycles. The summed E-state index contributed by atoms with van der Waals surface area (Å²) in [7, 11) is 0. The minimum atomic E-state index is -0.906. The number of hydrogen-bond donors (Lipinski definition) is 1. The van der Waals surface area contributed by atoms with Crippen LogP contribution < -0.4 is 0 Å². The Hall–Kier alpha value is -0.610. The minimum Gasteiger partial charge on any atom is -0.478 e. The second kappa shape index (κ2) is 4.75. The number of rotatable bonds is 2. The highest BCUT2D eigenvalue weighted by molar-refractivity contribution is 9.13. The molecule has 0 unspecified atom stereocenters. The molecule has 4 heteroatoms. The Morgan fingerprint density at radius 3 is 2.64 bits per heavy atom. The Balaban J connectivity index is 3.15. The first-order valence-corrected chi connectivity index (χ1v) is 5.46. The first-order chi connectivity index (χ1) is 6.52. The van der Waals surface area contributed by atoms with Crippen LogP contribution in [0.3, 0.4) is 0 Å². The molecule has 0 heterocycles. The Labute approximate surface area is 98.9 Å². The molecule has 2 nitrogen and oxygen atoms in total. The van der Waals surface area contributed by atoms with E-state index < -0.39 is 5.97 Å². The van der Waals surface area contributed by atoms with Crippen molar-refractivity contribution in [2.45, 2.75) is 6.92 Å². The summed E-state index contributed by atoms with van der Waals surface area (Å²) >= 11 is 6.72. The summed E-state index contributed by atoms with van der Waals surface area (Å²) in [6.45, 7) is 1.57. The summed E-state index contributed by atoms with van der Waals surface area (Å²) in [4.78, 5) is 10.6. The number of halogens is 2. The molecule has 0 saturated heterocycles. The molecule has 1 aromatic rings. The smallest absolute Gasteiger partial charge is 0.331 e. The van der Waals surface area contributed by atoms with Gasteiger partial charge in [0, 0.05) is 14.5 Å². The largest absolute Gasteiger partial charge is 0.478 e. The predicted molar refractivity (Wildman–Crippen MR) is 63.1 cm³/mol. The third-order valence-corrected chi connectivity index (χ3v) is 3.77. The fraction of sp³-hybridized carbons (Fsp3) is 0.100. The average Bonchev–Trinajstić information content (AvgIpc) is 2.12. The fourth-order valence-electron chi connectivity index (χ4n) is 0.927. The van der Waals surface area contributed by atoms with Gasteiger partial charge in [-0.3, -0.25) is 0 Å². The van der Waals surface area contributed by atoms with Crippen LogP contribution in [-0.2, 0) is 4.79 Å². The Kier molecular flexibility index (Phi) is 3.89. The third kappa shape index (κ3) is 2.69. The summed E-state index contributed by atoms with van der Waals surface area (Å²) in [5.41, 5.74) is 1.16. The number of benzene rings is 1. The molecule has 0 aromatic heterocycles. The van der Waals surface area contributed by atoms with E-state index in [1.807, 2.05) is 18.2 Å². The molecule has 0 fully saturated rings. The van der Waals surface area contributed by atoms with Gasteiger partial charge in [-0.25, -0.2) is 4.79 Å². The molecule has 1 N–H and O–H groups in total. The maximum atomic E-state index is 10.6.